The van der Waals surface area contributed by atoms with Crippen LogP contribution in [0.5, 0.6) is 0 Å². The molecule has 0 aromatic carbocycles. The molecule has 0 saturated carbocycles. The molecule has 0 aliphatic heterocycles. The van der Waals surface area contributed by atoms with E-state index in [2.05, 4.69) is 154 Å². The molecule has 0 bridgehead atoms. The highest BCUT2D eigenvalue weighted by atomic mass is 16.6. The van der Waals surface area contributed by atoms with E-state index in [-0.39, 0.29) is 31.1 Å². The average Bonchev–Trinajstić information content (AvgIpc) is 3.44. The van der Waals surface area contributed by atoms with Gasteiger partial charge >= 0.3 is 17.9 Å². The number of allylic oxidation sites excluding steroid dienone is 22. The molecule has 1 unspecified atom stereocenters. The fourth-order valence-electron chi connectivity index (χ4n) is 8.65. The van der Waals surface area contributed by atoms with Gasteiger partial charge in [0.05, 0.1) is 0 Å². The van der Waals surface area contributed by atoms with Crippen molar-refractivity contribution in [2.24, 2.45) is 0 Å². The quantitative estimate of drug-likeness (QED) is 0.0261. The van der Waals surface area contributed by atoms with Crippen LogP contribution in [-0.4, -0.2) is 37.2 Å². The van der Waals surface area contributed by atoms with Crippen LogP contribution in [0.2, 0.25) is 0 Å². The van der Waals surface area contributed by atoms with Crippen LogP contribution in [0.3, 0.4) is 0 Å². The van der Waals surface area contributed by atoms with Crippen LogP contribution in [-0.2, 0) is 28.6 Å². The SMILES string of the molecule is CC/C=C\C/C=C\C/C=C\C/C=C\C/C=C\C/C=C\CCCCCCCCC(=O)OCC(COC(=O)CCCCCCCCCCCCCC)OC(=O)CCCCCCCCC/C=C\C/C=C\C/C=C\C/C=C\C/C=C\CC. The second-order valence-electron chi connectivity index (χ2n) is 20.9. The van der Waals surface area contributed by atoms with Gasteiger partial charge < -0.3 is 14.2 Å². The molecule has 0 radical (unpaired) electrons. The number of rotatable bonds is 57. The zero-order chi connectivity index (χ0) is 56.4. The minimum absolute atomic E-state index is 0.0890. The smallest absolute Gasteiger partial charge is 0.306 e. The van der Waals surface area contributed by atoms with Gasteiger partial charge in [0.2, 0.25) is 0 Å². The molecule has 0 aromatic rings. The molecule has 0 N–H and O–H groups in total. The Labute approximate surface area is 481 Å². The summed E-state index contributed by atoms with van der Waals surface area (Å²) in [6.45, 7) is 6.40. The predicted molar refractivity (Wildman–Crippen MR) is 339 cm³/mol. The number of esters is 3. The summed E-state index contributed by atoms with van der Waals surface area (Å²) in [5.74, 6) is -0.912. The van der Waals surface area contributed by atoms with E-state index in [0.717, 1.165) is 148 Å². The summed E-state index contributed by atoms with van der Waals surface area (Å²) in [7, 11) is 0. The van der Waals surface area contributed by atoms with Crippen molar-refractivity contribution in [3.63, 3.8) is 0 Å². The monoisotopic (exact) mass is 1080 g/mol. The zero-order valence-electron chi connectivity index (χ0n) is 50.6. The highest BCUT2D eigenvalue weighted by Crippen LogP contribution is 2.15. The van der Waals surface area contributed by atoms with Gasteiger partial charge in [-0.3, -0.25) is 14.4 Å². The van der Waals surface area contributed by atoms with Crippen molar-refractivity contribution < 1.29 is 28.6 Å². The maximum atomic E-state index is 12.9. The van der Waals surface area contributed by atoms with Crippen LogP contribution < -0.4 is 0 Å². The first-order valence-electron chi connectivity index (χ1n) is 32.2. The lowest BCUT2D eigenvalue weighted by molar-refractivity contribution is -0.167. The van der Waals surface area contributed by atoms with Crippen LogP contribution >= 0.6 is 0 Å². The number of hydrogen-bond donors (Lipinski definition) is 0. The Morgan fingerprint density at radius 1 is 0.269 bits per heavy atom. The van der Waals surface area contributed by atoms with Gasteiger partial charge in [-0.1, -0.05) is 283 Å². The van der Waals surface area contributed by atoms with Crippen molar-refractivity contribution in [2.45, 2.75) is 290 Å². The topological polar surface area (TPSA) is 78.9 Å². The van der Waals surface area contributed by atoms with Gasteiger partial charge in [-0.2, -0.15) is 0 Å². The van der Waals surface area contributed by atoms with Crippen molar-refractivity contribution in [2.75, 3.05) is 13.2 Å². The van der Waals surface area contributed by atoms with Gasteiger partial charge in [-0.25, -0.2) is 0 Å². The molecule has 1 atom stereocenters. The van der Waals surface area contributed by atoms with Crippen molar-refractivity contribution >= 4 is 17.9 Å². The van der Waals surface area contributed by atoms with Gasteiger partial charge in [-0.05, 0) is 116 Å². The number of unbranched alkanes of at least 4 members (excludes halogenated alkanes) is 24. The molecule has 442 valence electrons. The van der Waals surface area contributed by atoms with E-state index in [0.29, 0.717) is 19.3 Å². The average molecular weight is 1080 g/mol. The van der Waals surface area contributed by atoms with Crippen LogP contribution in [0.25, 0.3) is 0 Å². The largest absolute Gasteiger partial charge is 0.462 e. The third kappa shape index (κ3) is 62.4. The third-order valence-electron chi connectivity index (χ3n) is 13.4. The Bertz CT molecular complexity index is 1670. The standard InChI is InChI=1S/C72H118O6/c1-4-7-10-13-16-19-22-25-27-29-31-33-35-36-38-39-41-43-45-47-50-53-56-59-62-65-71(74)77-68-69(67-76-70(73)64-61-58-55-52-49-24-21-18-15-12-9-6-3)78-72(75)66-63-60-57-54-51-48-46-44-42-40-37-34-32-30-28-26-23-20-17-14-11-8-5-2/h7-8,10-11,16-17,19-20,25-28,31-34,36,38,40-43,69H,4-6,9,12-15,18,21-24,29-30,35,37,39,44-68H2,1-3H3/b10-7-,11-8-,19-16-,20-17-,27-25-,28-26-,33-31-,34-32-,38-36-,42-40-,43-41-. The van der Waals surface area contributed by atoms with E-state index < -0.39 is 6.10 Å². The molecule has 0 aliphatic carbocycles. The second kappa shape index (κ2) is 65.1. The van der Waals surface area contributed by atoms with E-state index >= 15 is 0 Å². The van der Waals surface area contributed by atoms with Crippen molar-refractivity contribution in [3.8, 4) is 0 Å². The molecule has 0 saturated heterocycles. The fourth-order valence-corrected chi connectivity index (χ4v) is 8.65. The lowest BCUT2D eigenvalue weighted by atomic mass is 10.0. The van der Waals surface area contributed by atoms with Crippen LogP contribution in [0, 0.1) is 0 Å². The number of carbonyl (C=O) groups is 3. The highest BCUT2D eigenvalue weighted by Gasteiger charge is 2.19. The second-order valence-corrected chi connectivity index (χ2v) is 20.9. The maximum Gasteiger partial charge on any atom is 0.306 e. The Hall–Kier alpha value is -4.45. The molecule has 0 aromatic heterocycles. The molecule has 0 amide bonds. The lowest BCUT2D eigenvalue weighted by Gasteiger charge is -2.18. The first-order chi connectivity index (χ1) is 38.5. The van der Waals surface area contributed by atoms with Gasteiger partial charge in [-0.15, -0.1) is 0 Å². The van der Waals surface area contributed by atoms with Crippen molar-refractivity contribution in [1.82, 2.24) is 0 Å². The summed E-state index contributed by atoms with van der Waals surface area (Å²) in [6, 6.07) is 0. The highest BCUT2D eigenvalue weighted by molar-refractivity contribution is 5.71. The van der Waals surface area contributed by atoms with Crippen molar-refractivity contribution in [1.29, 1.82) is 0 Å². The minimum Gasteiger partial charge on any atom is -0.462 e. The summed E-state index contributed by atoms with van der Waals surface area (Å²) < 4.78 is 16.9. The maximum absolute atomic E-state index is 12.9. The molecule has 0 aliphatic rings. The van der Waals surface area contributed by atoms with Crippen LogP contribution in [0.15, 0.2) is 134 Å². The van der Waals surface area contributed by atoms with Gasteiger partial charge in [0.25, 0.3) is 0 Å². The Balaban J connectivity index is 4.39. The normalized spacial score (nSPS) is 13.0. The summed E-state index contributed by atoms with van der Waals surface area (Å²) in [6.07, 6.45) is 91.6. The molecule has 0 fully saturated rings. The van der Waals surface area contributed by atoms with E-state index in [1.807, 2.05) is 0 Å². The number of hydrogen-bond acceptors (Lipinski definition) is 6. The molecule has 0 rings (SSSR count). The summed E-state index contributed by atoms with van der Waals surface area (Å²) >= 11 is 0. The fraction of sp³-hybridized carbons (Fsp3) is 0.653. The predicted octanol–water partition coefficient (Wildman–Crippen LogP) is 22.2. The molecular formula is C72H118O6. The summed E-state index contributed by atoms with van der Waals surface area (Å²) in [5, 5.41) is 0. The molecule has 0 spiro atoms. The van der Waals surface area contributed by atoms with Gasteiger partial charge in [0.15, 0.2) is 6.10 Å². The van der Waals surface area contributed by atoms with Crippen molar-refractivity contribution in [3.05, 3.63) is 134 Å². The molecular weight excluding hydrogens is 961 g/mol. The Morgan fingerprint density at radius 3 is 0.782 bits per heavy atom. The number of carbonyl (C=O) groups excluding carboxylic acids is 3. The van der Waals surface area contributed by atoms with E-state index in [1.165, 1.54) is 96.3 Å². The van der Waals surface area contributed by atoms with E-state index in [9.17, 15) is 14.4 Å². The van der Waals surface area contributed by atoms with E-state index in [4.69, 9.17) is 14.2 Å². The van der Waals surface area contributed by atoms with Gasteiger partial charge in [0.1, 0.15) is 13.2 Å². The summed E-state index contributed by atoms with van der Waals surface area (Å²) in [5.41, 5.74) is 0. The lowest BCUT2D eigenvalue weighted by Crippen LogP contribution is -2.30. The first-order valence-corrected chi connectivity index (χ1v) is 32.2. The molecule has 78 heavy (non-hydrogen) atoms. The zero-order valence-corrected chi connectivity index (χ0v) is 50.6. The first kappa shape index (κ1) is 73.5. The molecule has 0 heterocycles. The summed E-state index contributed by atoms with van der Waals surface area (Å²) in [4.78, 5) is 38.3. The van der Waals surface area contributed by atoms with Crippen LogP contribution in [0.4, 0.5) is 0 Å². The molecule has 6 heteroatoms. The minimum atomic E-state index is -0.795. The Kier molecular flexibility index (Phi) is 61.4. The molecule has 6 nitrogen and oxygen atoms in total. The van der Waals surface area contributed by atoms with E-state index in [1.54, 1.807) is 0 Å². The van der Waals surface area contributed by atoms with Gasteiger partial charge in [0, 0.05) is 19.3 Å². The van der Waals surface area contributed by atoms with Crippen LogP contribution in [0.1, 0.15) is 284 Å². The number of ether oxygens (including phenoxy) is 3. The Morgan fingerprint density at radius 2 is 0.500 bits per heavy atom. The third-order valence-corrected chi connectivity index (χ3v) is 13.4.